The lowest BCUT2D eigenvalue weighted by Gasteiger charge is -2.40. The van der Waals surface area contributed by atoms with Gasteiger partial charge in [0.2, 0.25) is 5.91 Å². The number of rotatable bonds is 6. The van der Waals surface area contributed by atoms with Crippen LogP contribution in [-0.4, -0.2) is 61.1 Å². The molecule has 11 nitrogen and oxygen atoms in total. The van der Waals surface area contributed by atoms with Gasteiger partial charge in [-0.1, -0.05) is 46.4 Å². The predicted octanol–water partition coefficient (Wildman–Crippen LogP) is 3.79. The van der Waals surface area contributed by atoms with Crippen LogP contribution in [0, 0.1) is 11.0 Å². The lowest BCUT2D eigenvalue weighted by Crippen LogP contribution is -2.54. The molecule has 4 aromatic rings. The molecule has 4 heterocycles. The number of nitrogens with zero attached hydrogens (tertiary/aromatic N) is 7. The summed E-state index contributed by atoms with van der Waals surface area (Å²) < 4.78 is 17.5. The Morgan fingerprint density at radius 1 is 1.16 bits per heavy atom. The summed E-state index contributed by atoms with van der Waals surface area (Å²) in [6.45, 7) is 14.0. The Morgan fingerprint density at radius 3 is 2.40 bits per heavy atom. The minimum absolute atomic E-state index is 0.0309. The van der Waals surface area contributed by atoms with Crippen LogP contribution >= 0.6 is 0 Å². The first-order valence-corrected chi connectivity index (χ1v) is 14.2. The number of phenolic OH excluding ortho intramolecular Hbond substituents is 1. The molecule has 1 fully saturated rings. The lowest BCUT2D eigenvalue weighted by molar-refractivity contribution is -0.569. The maximum absolute atomic E-state index is 16.0. The smallest absolute Gasteiger partial charge is 0.442 e. The Balaban J connectivity index is 1.89. The lowest BCUT2D eigenvalue weighted by atomic mass is 10.0. The number of aromatic hydroxyl groups is 1. The van der Waals surface area contributed by atoms with Gasteiger partial charge in [-0.2, -0.15) is 4.98 Å². The van der Waals surface area contributed by atoms with Crippen molar-refractivity contribution >= 4 is 22.8 Å². The molecule has 0 unspecified atom stereocenters. The van der Waals surface area contributed by atoms with E-state index in [1.54, 1.807) is 21.9 Å². The van der Waals surface area contributed by atoms with Gasteiger partial charge in [-0.3, -0.25) is 4.79 Å². The quantitative estimate of drug-likeness (QED) is 0.205. The second-order valence-corrected chi connectivity index (χ2v) is 11.3. The van der Waals surface area contributed by atoms with E-state index in [0.717, 1.165) is 0 Å². The van der Waals surface area contributed by atoms with Crippen molar-refractivity contribution in [1.82, 2.24) is 24.4 Å². The highest BCUT2D eigenvalue weighted by molar-refractivity contribution is 5.89. The van der Waals surface area contributed by atoms with Crippen LogP contribution in [0.5, 0.6) is 5.75 Å². The molecular formula is C31H34FN7O4. The molecule has 1 N–H and O–H groups in total. The molecule has 3 aromatic heterocycles. The summed E-state index contributed by atoms with van der Waals surface area (Å²) in [5, 5.41) is 25.0. The average molecular weight is 588 g/mol. The molecule has 5 rings (SSSR count). The molecule has 1 aliphatic heterocycles. The third-order valence-corrected chi connectivity index (χ3v) is 7.72. The summed E-state index contributed by atoms with van der Waals surface area (Å²) in [6.07, 6.45) is 2.67. The SMILES string of the molecule is C=CC(=O)N1CCN(c2nc(=O)n(-c3c(C(C)C)ncnc3C(C)C)c3c2cc(F)c(-c2ccccc2O)[n+]3[O-])[C@@H](C)C1. The molecule has 1 aromatic carbocycles. The summed E-state index contributed by atoms with van der Waals surface area (Å²) in [5.41, 5.74) is -0.0566. The summed E-state index contributed by atoms with van der Waals surface area (Å²) in [7, 11) is 0. The molecule has 1 atom stereocenters. The van der Waals surface area contributed by atoms with Crippen molar-refractivity contribution in [2.45, 2.75) is 52.5 Å². The number of carbonyl (C=O) groups excluding carboxylic acids is 1. The Labute approximate surface area is 248 Å². The first-order valence-electron chi connectivity index (χ1n) is 14.2. The van der Waals surface area contributed by atoms with E-state index in [2.05, 4.69) is 21.5 Å². The first-order chi connectivity index (χ1) is 20.5. The van der Waals surface area contributed by atoms with Crippen molar-refractivity contribution < 1.29 is 19.0 Å². The van der Waals surface area contributed by atoms with E-state index in [4.69, 9.17) is 0 Å². The normalized spacial score (nSPS) is 15.5. The number of aromatic nitrogens is 5. The maximum atomic E-state index is 16.0. The van der Waals surface area contributed by atoms with Crippen LogP contribution in [-0.2, 0) is 4.79 Å². The number of benzene rings is 1. The number of fused-ring (bicyclic) bond motifs is 1. The highest BCUT2D eigenvalue weighted by Crippen LogP contribution is 2.35. The highest BCUT2D eigenvalue weighted by atomic mass is 19.1. The van der Waals surface area contributed by atoms with Gasteiger partial charge in [0.25, 0.3) is 0 Å². The van der Waals surface area contributed by atoms with Crippen LogP contribution in [0.1, 0.15) is 57.8 Å². The third kappa shape index (κ3) is 5.06. The van der Waals surface area contributed by atoms with E-state index in [0.29, 0.717) is 34.9 Å². The fourth-order valence-electron chi connectivity index (χ4n) is 5.65. The number of anilines is 1. The second-order valence-electron chi connectivity index (χ2n) is 11.3. The Hall–Kier alpha value is -4.87. The molecule has 0 aliphatic carbocycles. The van der Waals surface area contributed by atoms with Crippen molar-refractivity contribution in [2.75, 3.05) is 24.5 Å². The van der Waals surface area contributed by atoms with Gasteiger partial charge in [-0.25, -0.2) is 23.9 Å². The van der Waals surface area contributed by atoms with Gasteiger partial charge in [0.15, 0.2) is 23.0 Å². The number of phenols is 1. The maximum Gasteiger partial charge on any atom is 0.442 e. The van der Waals surface area contributed by atoms with Gasteiger partial charge in [0.1, 0.15) is 17.5 Å². The fraction of sp³-hybridized carbons (Fsp3) is 0.355. The van der Waals surface area contributed by atoms with E-state index in [1.807, 2.05) is 34.6 Å². The molecule has 43 heavy (non-hydrogen) atoms. The topological polar surface area (TPSA) is 131 Å². The van der Waals surface area contributed by atoms with E-state index in [1.165, 1.54) is 35.2 Å². The number of para-hydroxylation sites is 1. The molecule has 1 saturated heterocycles. The van der Waals surface area contributed by atoms with E-state index < -0.39 is 17.2 Å². The fourth-order valence-corrected chi connectivity index (χ4v) is 5.65. The first kappa shape index (κ1) is 29.6. The zero-order valence-electron chi connectivity index (χ0n) is 24.8. The molecule has 0 saturated carbocycles. The molecule has 0 bridgehead atoms. The summed E-state index contributed by atoms with van der Waals surface area (Å²) in [4.78, 5) is 43.2. The van der Waals surface area contributed by atoms with E-state index >= 15 is 4.39 Å². The molecule has 12 heteroatoms. The van der Waals surface area contributed by atoms with E-state index in [-0.39, 0.29) is 58.5 Å². The molecule has 0 spiro atoms. The van der Waals surface area contributed by atoms with Gasteiger partial charge >= 0.3 is 11.3 Å². The predicted molar refractivity (Wildman–Crippen MR) is 161 cm³/mol. The summed E-state index contributed by atoms with van der Waals surface area (Å²) >= 11 is 0. The highest BCUT2D eigenvalue weighted by Gasteiger charge is 2.35. The van der Waals surface area contributed by atoms with Gasteiger partial charge in [0, 0.05) is 25.7 Å². The van der Waals surface area contributed by atoms with E-state index in [9.17, 15) is 19.9 Å². The van der Waals surface area contributed by atoms with Crippen LogP contribution in [0.2, 0.25) is 0 Å². The van der Waals surface area contributed by atoms with Crippen molar-refractivity contribution in [1.29, 1.82) is 0 Å². The van der Waals surface area contributed by atoms with Crippen LogP contribution < -0.4 is 15.3 Å². The monoisotopic (exact) mass is 587 g/mol. The minimum atomic E-state index is -0.900. The largest absolute Gasteiger partial charge is 0.710 e. The Bertz CT molecular complexity index is 1780. The van der Waals surface area contributed by atoms with Gasteiger partial charge in [0.05, 0.1) is 17.0 Å². The molecule has 1 amide bonds. The van der Waals surface area contributed by atoms with Gasteiger partial charge in [-0.05, 0) is 43.0 Å². The van der Waals surface area contributed by atoms with Crippen LogP contribution in [0.3, 0.4) is 0 Å². The van der Waals surface area contributed by atoms with Crippen LogP contribution in [0.4, 0.5) is 10.2 Å². The summed E-state index contributed by atoms with van der Waals surface area (Å²) in [5.74, 6) is -1.61. The molecule has 224 valence electrons. The second kappa shape index (κ2) is 11.4. The zero-order chi connectivity index (χ0) is 31.2. The Morgan fingerprint density at radius 2 is 1.81 bits per heavy atom. The number of piperazine rings is 1. The molecule has 1 aliphatic rings. The number of halogens is 1. The third-order valence-electron chi connectivity index (χ3n) is 7.72. The van der Waals surface area contributed by atoms with Crippen molar-refractivity contribution in [2.24, 2.45) is 0 Å². The minimum Gasteiger partial charge on any atom is -0.710 e. The Kier molecular flexibility index (Phi) is 7.87. The number of hydrogen-bond acceptors (Lipinski definition) is 8. The number of amides is 1. The zero-order valence-corrected chi connectivity index (χ0v) is 24.8. The standard InChI is InChI=1S/C31H34FN7O4/c1-7-24(41)36-12-13-37(19(6)15-36)29-21-14-22(32)27(20-10-8-9-11-23(20)40)39(43)30(21)38(31(42)35-29)28-25(17(2)3)33-16-34-26(28)18(4)5/h7-11,14,16-19,40H,1,12-13,15H2,2-6H3/t19-/m0/s1. The summed E-state index contributed by atoms with van der Waals surface area (Å²) in [6, 6.07) is 6.78. The van der Waals surface area contributed by atoms with Crippen molar-refractivity contribution in [3.8, 4) is 22.7 Å². The average Bonchev–Trinajstić information content (AvgIpc) is 2.97. The number of hydrogen-bond donors (Lipinski definition) is 1. The van der Waals surface area contributed by atoms with Crippen molar-refractivity contribution in [3.05, 3.63) is 82.2 Å². The molecular weight excluding hydrogens is 553 g/mol. The van der Waals surface area contributed by atoms with Gasteiger partial charge < -0.3 is 20.1 Å². The van der Waals surface area contributed by atoms with Crippen LogP contribution in [0.25, 0.3) is 28.0 Å². The van der Waals surface area contributed by atoms with Crippen molar-refractivity contribution in [3.63, 3.8) is 0 Å². The van der Waals surface area contributed by atoms with Gasteiger partial charge in [-0.15, -0.1) is 4.57 Å². The number of pyridine rings is 1. The number of carbonyl (C=O) groups is 1. The molecule has 0 radical (unpaired) electrons. The van der Waals surface area contributed by atoms with Crippen LogP contribution in [0.15, 0.2) is 54.1 Å².